The van der Waals surface area contributed by atoms with Crippen molar-refractivity contribution >= 4 is 49.0 Å². The highest BCUT2D eigenvalue weighted by molar-refractivity contribution is 8.01. The van der Waals surface area contributed by atoms with Crippen LogP contribution >= 0.6 is 23.1 Å². The molecule has 6 rings (SSSR count). The molecule has 42 heavy (non-hydrogen) atoms. The van der Waals surface area contributed by atoms with Gasteiger partial charge in [-0.3, -0.25) is 4.72 Å². The Morgan fingerprint density at radius 1 is 0.905 bits per heavy atom. The lowest BCUT2D eigenvalue weighted by atomic mass is 9.91. The normalized spacial score (nSPS) is 20.9. The molecule has 216 valence electrons. The molecule has 1 fully saturated rings. The Morgan fingerprint density at radius 2 is 1.67 bits per heavy atom. The first-order chi connectivity index (χ1) is 20.4. The topological polar surface area (TPSA) is 97.8 Å². The summed E-state index contributed by atoms with van der Waals surface area (Å²) in [6.07, 6.45) is -1.17. The van der Waals surface area contributed by atoms with Crippen molar-refractivity contribution < 1.29 is 23.0 Å². The highest BCUT2D eigenvalue weighted by Crippen LogP contribution is 2.44. The summed E-state index contributed by atoms with van der Waals surface area (Å²) in [7, 11) is -3.75. The molecule has 0 unspecified atom stereocenters. The predicted octanol–water partition coefficient (Wildman–Crippen LogP) is 7.17. The van der Waals surface area contributed by atoms with Crippen LogP contribution < -0.4 is 4.72 Å². The number of hydrogen-bond acceptors (Lipinski definition) is 8. The molecule has 0 bridgehead atoms. The molecule has 0 saturated carbocycles. The Bertz CT molecular complexity index is 1730. The van der Waals surface area contributed by atoms with E-state index in [1.54, 1.807) is 71.6 Å². The van der Waals surface area contributed by atoms with Gasteiger partial charge in [0.25, 0.3) is 10.0 Å². The van der Waals surface area contributed by atoms with Crippen molar-refractivity contribution in [2.75, 3.05) is 10.5 Å². The molecule has 4 atom stereocenters. The Morgan fingerprint density at radius 3 is 2.43 bits per heavy atom. The van der Waals surface area contributed by atoms with Gasteiger partial charge < -0.3 is 14.6 Å². The monoisotopic (exact) mass is 618 g/mol. The Hall–Kier alpha value is -3.25. The molecule has 1 aromatic heterocycles. The first kappa shape index (κ1) is 28.9. The standard InChI is InChI=1S/C32H30N2O5S3/c1-21-28(20-40-32-33-27-12-5-6-13-29(27)41-32)38-31(39-30(21)23-16-14-22(19-35)15-17-23)24-8-7-9-25(18-24)34-42(36,37)26-10-3-2-4-11-26/h2-18,21,28,30-31,34-35H,19-20H2,1H3/t21-,28+,30+,31+/m0/s1. The van der Waals surface area contributed by atoms with Gasteiger partial charge in [-0.05, 0) is 47.5 Å². The van der Waals surface area contributed by atoms with Crippen LogP contribution in [-0.2, 0) is 26.1 Å². The van der Waals surface area contributed by atoms with E-state index in [9.17, 15) is 13.5 Å². The Labute approximate surface area is 253 Å². The molecule has 0 radical (unpaired) electrons. The molecule has 1 saturated heterocycles. The second-order valence-electron chi connectivity index (χ2n) is 10.1. The maximum absolute atomic E-state index is 13.0. The first-order valence-corrected chi connectivity index (χ1v) is 16.8. The molecule has 1 aliphatic rings. The third kappa shape index (κ3) is 6.39. The van der Waals surface area contributed by atoms with Gasteiger partial charge >= 0.3 is 0 Å². The smallest absolute Gasteiger partial charge is 0.261 e. The van der Waals surface area contributed by atoms with Gasteiger partial charge in [-0.25, -0.2) is 13.4 Å². The number of aliphatic hydroxyl groups is 1. The van der Waals surface area contributed by atoms with Crippen molar-refractivity contribution in [2.45, 2.75) is 41.3 Å². The highest BCUT2D eigenvalue weighted by Gasteiger charge is 2.38. The summed E-state index contributed by atoms with van der Waals surface area (Å²) < 4.78 is 43.8. The minimum atomic E-state index is -3.75. The molecule has 0 aliphatic carbocycles. The average Bonchev–Trinajstić information content (AvgIpc) is 3.44. The number of fused-ring (bicyclic) bond motifs is 1. The third-order valence-electron chi connectivity index (χ3n) is 7.23. The van der Waals surface area contributed by atoms with E-state index < -0.39 is 16.3 Å². The van der Waals surface area contributed by atoms with Crippen LogP contribution in [-0.4, -0.2) is 30.4 Å². The molecule has 2 N–H and O–H groups in total. The third-order valence-corrected chi connectivity index (χ3v) is 10.9. The average molecular weight is 619 g/mol. The van der Waals surface area contributed by atoms with Crippen LogP contribution in [0.5, 0.6) is 0 Å². The zero-order valence-electron chi connectivity index (χ0n) is 22.8. The van der Waals surface area contributed by atoms with Crippen molar-refractivity contribution in [3.05, 3.63) is 120 Å². The molecule has 0 spiro atoms. The van der Waals surface area contributed by atoms with Crippen LogP contribution in [0.25, 0.3) is 10.2 Å². The van der Waals surface area contributed by atoms with Gasteiger partial charge in [0.2, 0.25) is 0 Å². The maximum Gasteiger partial charge on any atom is 0.261 e. The number of ether oxygens (including phenoxy) is 2. The fraction of sp³-hybridized carbons (Fsp3) is 0.219. The van der Waals surface area contributed by atoms with Gasteiger partial charge in [0, 0.05) is 22.9 Å². The van der Waals surface area contributed by atoms with E-state index in [0.29, 0.717) is 17.0 Å². The fourth-order valence-electron chi connectivity index (χ4n) is 4.94. The molecule has 7 nitrogen and oxygen atoms in total. The van der Waals surface area contributed by atoms with Crippen molar-refractivity contribution in [3.8, 4) is 0 Å². The fourth-order valence-corrected chi connectivity index (χ4v) is 8.27. The van der Waals surface area contributed by atoms with E-state index in [-0.39, 0.29) is 29.6 Å². The van der Waals surface area contributed by atoms with Gasteiger partial charge in [-0.15, -0.1) is 11.3 Å². The molecular formula is C32H30N2O5S3. The molecule has 1 aliphatic heterocycles. The van der Waals surface area contributed by atoms with E-state index in [4.69, 9.17) is 14.5 Å². The zero-order chi connectivity index (χ0) is 29.1. The van der Waals surface area contributed by atoms with Crippen LogP contribution in [0.1, 0.15) is 36.0 Å². The van der Waals surface area contributed by atoms with Crippen molar-refractivity contribution in [1.82, 2.24) is 4.98 Å². The van der Waals surface area contributed by atoms with Crippen molar-refractivity contribution in [2.24, 2.45) is 5.92 Å². The number of nitrogens with one attached hydrogen (secondary N) is 1. The number of benzene rings is 4. The van der Waals surface area contributed by atoms with Gasteiger partial charge in [0.15, 0.2) is 10.6 Å². The largest absolute Gasteiger partial charge is 0.392 e. The summed E-state index contributed by atoms with van der Waals surface area (Å²) in [6.45, 7) is 2.09. The number of hydrogen-bond donors (Lipinski definition) is 2. The predicted molar refractivity (Wildman–Crippen MR) is 167 cm³/mol. The maximum atomic E-state index is 13.0. The second kappa shape index (κ2) is 12.5. The lowest BCUT2D eigenvalue weighted by Crippen LogP contribution is -2.38. The van der Waals surface area contributed by atoms with E-state index in [2.05, 4.69) is 17.7 Å². The van der Waals surface area contributed by atoms with E-state index in [1.165, 1.54) is 0 Å². The minimum Gasteiger partial charge on any atom is -0.392 e. The summed E-state index contributed by atoms with van der Waals surface area (Å²) in [5.74, 6) is 0.690. The molecule has 4 aromatic carbocycles. The summed E-state index contributed by atoms with van der Waals surface area (Å²) in [5, 5.41) is 9.53. The summed E-state index contributed by atoms with van der Waals surface area (Å²) in [5.41, 5.74) is 3.94. The van der Waals surface area contributed by atoms with Crippen molar-refractivity contribution in [3.63, 3.8) is 0 Å². The Kier molecular flexibility index (Phi) is 8.62. The van der Waals surface area contributed by atoms with Gasteiger partial charge in [0.1, 0.15) is 0 Å². The van der Waals surface area contributed by atoms with Crippen LogP contribution in [0.15, 0.2) is 112 Å². The number of anilines is 1. The molecule has 0 amide bonds. The highest BCUT2D eigenvalue weighted by atomic mass is 32.2. The zero-order valence-corrected chi connectivity index (χ0v) is 25.2. The number of aliphatic hydroxyl groups excluding tert-OH is 1. The van der Waals surface area contributed by atoms with Crippen LogP contribution in [0.4, 0.5) is 5.69 Å². The molecular weight excluding hydrogens is 589 g/mol. The second-order valence-corrected chi connectivity index (χ2v) is 14.1. The molecule has 10 heteroatoms. The van der Waals surface area contributed by atoms with E-state index >= 15 is 0 Å². The number of aromatic nitrogens is 1. The first-order valence-electron chi connectivity index (χ1n) is 13.6. The van der Waals surface area contributed by atoms with Gasteiger partial charge in [0.05, 0.1) is 33.9 Å². The van der Waals surface area contributed by atoms with Gasteiger partial charge in [-0.1, -0.05) is 85.4 Å². The number of thiazole rings is 1. The molecule has 5 aromatic rings. The Balaban J connectivity index is 1.26. The number of rotatable bonds is 9. The van der Waals surface area contributed by atoms with Crippen molar-refractivity contribution in [1.29, 1.82) is 0 Å². The SMILES string of the molecule is C[C@H]1[C@@H](CSc2nc3ccccc3s2)O[C@@H](c2cccc(NS(=O)(=O)c3ccccc3)c2)O[C@H]1c1ccc(CO)cc1. The van der Waals surface area contributed by atoms with Crippen LogP contribution in [0.3, 0.4) is 0 Å². The number of thioether (sulfide) groups is 1. The lowest BCUT2D eigenvalue weighted by molar-refractivity contribution is -0.268. The van der Waals surface area contributed by atoms with E-state index in [1.807, 2.05) is 48.5 Å². The van der Waals surface area contributed by atoms with Gasteiger partial charge in [-0.2, -0.15) is 0 Å². The lowest BCUT2D eigenvalue weighted by Gasteiger charge is -2.41. The molecule has 2 heterocycles. The minimum absolute atomic E-state index is 0.0165. The quantitative estimate of drug-likeness (QED) is 0.169. The summed E-state index contributed by atoms with van der Waals surface area (Å²) in [4.78, 5) is 4.96. The summed E-state index contributed by atoms with van der Waals surface area (Å²) in [6, 6.07) is 31.3. The number of nitrogens with zero attached hydrogens (tertiary/aromatic N) is 1. The number of sulfonamides is 1. The summed E-state index contributed by atoms with van der Waals surface area (Å²) >= 11 is 3.33. The van der Waals surface area contributed by atoms with Crippen LogP contribution in [0.2, 0.25) is 0 Å². The number of para-hydroxylation sites is 1. The van der Waals surface area contributed by atoms with Crippen LogP contribution in [0, 0.1) is 5.92 Å². The van der Waals surface area contributed by atoms with E-state index in [0.717, 1.165) is 25.7 Å².